The highest BCUT2D eigenvalue weighted by atomic mass is 35.5. The van der Waals surface area contributed by atoms with Gasteiger partial charge in [-0.1, -0.05) is 17.7 Å². The molecule has 0 spiro atoms. The van der Waals surface area contributed by atoms with Gasteiger partial charge in [-0.15, -0.1) is 0 Å². The number of hydrazine groups is 1. The van der Waals surface area contributed by atoms with Crippen molar-refractivity contribution in [3.05, 3.63) is 81.4 Å². The van der Waals surface area contributed by atoms with Crippen LogP contribution in [0.25, 0.3) is 0 Å². The number of nitrogens with zero attached hydrogens (tertiary/aromatic N) is 5. The predicted octanol–water partition coefficient (Wildman–Crippen LogP) is 3.26. The van der Waals surface area contributed by atoms with Crippen LogP contribution in [-0.4, -0.2) is 47.0 Å². The second-order valence-electron chi connectivity index (χ2n) is 7.19. The largest absolute Gasteiger partial charge is 0.368 e. The summed E-state index contributed by atoms with van der Waals surface area (Å²) >= 11 is 6.08. The number of hydrogen-bond donors (Lipinski definition) is 2. The predicted molar refractivity (Wildman–Crippen MR) is 122 cm³/mol. The summed E-state index contributed by atoms with van der Waals surface area (Å²) in [4.78, 5) is 35.5. The van der Waals surface area contributed by atoms with Crippen LogP contribution < -0.4 is 20.7 Å². The number of anilines is 3. The van der Waals surface area contributed by atoms with E-state index in [9.17, 15) is 19.3 Å². The molecule has 2 N–H and O–H groups in total. The Hall–Kier alpha value is -3.99. The van der Waals surface area contributed by atoms with Crippen molar-refractivity contribution in [3.8, 4) is 0 Å². The van der Waals surface area contributed by atoms with Crippen LogP contribution in [-0.2, 0) is 0 Å². The lowest BCUT2D eigenvalue weighted by atomic mass is 10.2. The Kier molecular flexibility index (Phi) is 6.50. The average Bonchev–Trinajstić information content (AvgIpc) is 2.82. The molecular weight excluding hydrogens is 453 g/mol. The second kappa shape index (κ2) is 9.65. The van der Waals surface area contributed by atoms with E-state index in [4.69, 9.17) is 11.6 Å². The van der Waals surface area contributed by atoms with Gasteiger partial charge in [0.05, 0.1) is 4.92 Å². The van der Waals surface area contributed by atoms with Crippen LogP contribution in [0.4, 0.5) is 27.4 Å². The first-order valence-corrected chi connectivity index (χ1v) is 10.4. The van der Waals surface area contributed by atoms with E-state index >= 15 is 0 Å². The summed E-state index contributed by atoms with van der Waals surface area (Å²) in [6.07, 6.45) is 1.19. The number of carbonyl (C=O) groups excluding carboxylic acids is 1. The molecule has 1 aromatic heterocycles. The van der Waals surface area contributed by atoms with E-state index in [2.05, 4.69) is 25.7 Å². The van der Waals surface area contributed by atoms with Crippen molar-refractivity contribution < 1.29 is 14.1 Å². The lowest BCUT2D eigenvalue weighted by molar-refractivity contribution is -0.383. The fourth-order valence-electron chi connectivity index (χ4n) is 3.50. The van der Waals surface area contributed by atoms with Crippen LogP contribution in [0.2, 0.25) is 5.02 Å². The molecule has 0 bridgehead atoms. The van der Waals surface area contributed by atoms with E-state index in [1.807, 2.05) is 18.2 Å². The third-order valence-electron chi connectivity index (χ3n) is 5.14. The third kappa shape index (κ3) is 5.09. The molecule has 12 heteroatoms. The quantitative estimate of drug-likeness (QED) is 0.415. The van der Waals surface area contributed by atoms with Crippen molar-refractivity contribution in [2.75, 3.05) is 41.4 Å². The van der Waals surface area contributed by atoms with E-state index in [1.165, 1.54) is 18.5 Å². The van der Waals surface area contributed by atoms with E-state index < -0.39 is 16.6 Å². The monoisotopic (exact) mass is 471 g/mol. The molecule has 1 amide bonds. The molecule has 2 aromatic carbocycles. The van der Waals surface area contributed by atoms with Crippen LogP contribution in [0, 0.1) is 15.9 Å². The number of carbonyl (C=O) groups is 1. The van der Waals surface area contributed by atoms with Crippen molar-refractivity contribution in [1.29, 1.82) is 0 Å². The van der Waals surface area contributed by atoms with Crippen molar-refractivity contribution in [2.45, 2.75) is 0 Å². The summed E-state index contributed by atoms with van der Waals surface area (Å²) in [5.74, 6) is -1.08. The molecule has 0 aliphatic carbocycles. The van der Waals surface area contributed by atoms with Gasteiger partial charge in [0.1, 0.15) is 12.1 Å². The standard InChI is InChI=1S/C21H19ClFN7O3/c22-15-2-1-3-17(12-15)28-8-10-29(11-9-28)20-18(30(32)33)19(24-13-25-20)26-27-21(31)14-4-6-16(23)7-5-14/h1-7,12-13H,8-11H2,(H,27,31)(H,24,25,26). The van der Waals surface area contributed by atoms with Gasteiger partial charge in [-0.2, -0.15) is 0 Å². The van der Waals surface area contributed by atoms with Gasteiger partial charge in [0, 0.05) is 42.5 Å². The van der Waals surface area contributed by atoms with Gasteiger partial charge in [0.15, 0.2) is 0 Å². The number of hydrogen-bond acceptors (Lipinski definition) is 8. The van der Waals surface area contributed by atoms with Crippen molar-refractivity contribution in [1.82, 2.24) is 15.4 Å². The van der Waals surface area contributed by atoms with Gasteiger partial charge in [-0.3, -0.25) is 25.8 Å². The van der Waals surface area contributed by atoms with Crippen LogP contribution in [0.5, 0.6) is 0 Å². The molecule has 4 rings (SSSR count). The number of piperazine rings is 1. The van der Waals surface area contributed by atoms with E-state index in [-0.39, 0.29) is 22.9 Å². The lowest BCUT2D eigenvalue weighted by Crippen LogP contribution is -2.47. The fourth-order valence-corrected chi connectivity index (χ4v) is 3.68. The Morgan fingerprint density at radius 2 is 1.76 bits per heavy atom. The van der Waals surface area contributed by atoms with Crippen LogP contribution >= 0.6 is 11.6 Å². The van der Waals surface area contributed by atoms with E-state index in [0.29, 0.717) is 31.2 Å². The van der Waals surface area contributed by atoms with Gasteiger partial charge in [0.2, 0.25) is 11.6 Å². The van der Waals surface area contributed by atoms with Crippen LogP contribution in [0.3, 0.4) is 0 Å². The lowest BCUT2D eigenvalue weighted by Gasteiger charge is -2.36. The highest BCUT2D eigenvalue weighted by Crippen LogP contribution is 2.32. The molecule has 1 fully saturated rings. The zero-order valence-electron chi connectivity index (χ0n) is 17.2. The molecule has 33 heavy (non-hydrogen) atoms. The summed E-state index contributed by atoms with van der Waals surface area (Å²) in [5, 5.41) is 12.5. The molecule has 0 unspecified atom stereocenters. The number of nitrogens with one attached hydrogen (secondary N) is 2. The minimum absolute atomic E-state index is 0.152. The SMILES string of the molecule is O=C(NNc1ncnc(N2CCN(c3cccc(Cl)c3)CC2)c1[N+](=O)[O-])c1ccc(F)cc1. The Bertz CT molecular complexity index is 1170. The number of nitro groups is 1. The smallest absolute Gasteiger partial charge is 0.355 e. The summed E-state index contributed by atoms with van der Waals surface area (Å²) < 4.78 is 13.0. The molecule has 3 aromatic rings. The molecule has 0 radical (unpaired) electrons. The first kappa shape index (κ1) is 22.2. The number of amides is 1. The molecule has 0 atom stereocenters. The number of halogens is 2. The van der Waals surface area contributed by atoms with E-state index in [0.717, 1.165) is 17.8 Å². The summed E-state index contributed by atoms with van der Waals surface area (Å²) in [6.45, 7) is 2.22. The third-order valence-corrected chi connectivity index (χ3v) is 5.37. The molecule has 1 aliphatic rings. The molecule has 170 valence electrons. The number of benzene rings is 2. The van der Waals surface area contributed by atoms with Crippen molar-refractivity contribution in [2.24, 2.45) is 0 Å². The van der Waals surface area contributed by atoms with E-state index in [1.54, 1.807) is 11.0 Å². The highest BCUT2D eigenvalue weighted by Gasteiger charge is 2.29. The minimum atomic E-state index is -0.598. The minimum Gasteiger partial charge on any atom is -0.368 e. The molecule has 2 heterocycles. The first-order chi connectivity index (χ1) is 15.9. The van der Waals surface area contributed by atoms with Gasteiger partial charge in [-0.05, 0) is 42.5 Å². The molecule has 1 aliphatic heterocycles. The molecule has 0 saturated carbocycles. The molecule has 10 nitrogen and oxygen atoms in total. The second-order valence-corrected chi connectivity index (χ2v) is 7.63. The van der Waals surface area contributed by atoms with Gasteiger partial charge < -0.3 is 9.80 Å². The molecule has 1 saturated heterocycles. The maximum absolute atomic E-state index is 13.0. The van der Waals surface area contributed by atoms with Crippen molar-refractivity contribution in [3.63, 3.8) is 0 Å². The van der Waals surface area contributed by atoms with Gasteiger partial charge in [0.25, 0.3) is 5.91 Å². The maximum Gasteiger partial charge on any atom is 0.355 e. The van der Waals surface area contributed by atoms with Crippen molar-refractivity contribution >= 4 is 40.5 Å². The summed E-state index contributed by atoms with van der Waals surface area (Å²) in [5.41, 5.74) is 5.64. The van der Waals surface area contributed by atoms with Crippen LogP contribution in [0.1, 0.15) is 10.4 Å². The topological polar surface area (TPSA) is 117 Å². The zero-order valence-corrected chi connectivity index (χ0v) is 18.0. The normalized spacial score (nSPS) is 13.5. The molecular formula is C21H19ClFN7O3. The summed E-state index contributed by atoms with van der Waals surface area (Å²) in [6, 6.07) is 12.4. The average molecular weight is 472 g/mol. The Balaban J connectivity index is 1.48. The highest BCUT2D eigenvalue weighted by molar-refractivity contribution is 6.30. The maximum atomic E-state index is 13.0. The zero-order chi connectivity index (χ0) is 23.4. The number of rotatable bonds is 6. The Morgan fingerprint density at radius 3 is 2.42 bits per heavy atom. The Morgan fingerprint density at radius 1 is 1.06 bits per heavy atom. The van der Waals surface area contributed by atoms with Crippen LogP contribution in [0.15, 0.2) is 54.9 Å². The van der Waals surface area contributed by atoms with Gasteiger partial charge >= 0.3 is 5.69 Å². The van der Waals surface area contributed by atoms with Gasteiger partial charge in [-0.25, -0.2) is 14.4 Å². The Labute approximate surface area is 193 Å². The first-order valence-electron chi connectivity index (χ1n) is 9.99. The number of aromatic nitrogens is 2. The fraction of sp³-hybridized carbons (Fsp3) is 0.190. The summed E-state index contributed by atoms with van der Waals surface area (Å²) in [7, 11) is 0.